The number of halogens is 1. The number of ether oxygens (including phenoxy) is 1. The third-order valence-electron chi connectivity index (χ3n) is 2.75. The van der Waals surface area contributed by atoms with Crippen LogP contribution in [0.5, 0.6) is 0 Å². The fourth-order valence-electron chi connectivity index (χ4n) is 1.78. The van der Waals surface area contributed by atoms with Crippen LogP contribution >= 0.6 is 11.6 Å². The van der Waals surface area contributed by atoms with Gasteiger partial charge >= 0.3 is 5.97 Å². The van der Waals surface area contributed by atoms with Gasteiger partial charge in [0.2, 0.25) is 5.91 Å². The molecule has 1 aromatic carbocycles. The highest BCUT2D eigenvalue weighted by Gasteiger charge is 2.27. The number of rotatable bonds is 6. The zero-order valence-corrected chi connectivity index (χ0v) is 11.8. The summed E-state index contributed by atoms with van der Waals surface area (Å²) in [6, 6.07) is 8.86. The van der Waals surface area contributed by atoms with Gasteiger partial charge in [0.1, 0.15) is 5.88 Å². The van der Waals surface area contributed by atoms with E-state index in [1.165, 1.54) is 0 Å². The van der Waals surface area contributed by atoms with Gasteiger partial charge in [0.25, 0.3) is 0 Å². The first kappa shape index (κ1) is 15.5. The molecule has 5 heteroatoms. The molecule has 2 atom stereocenters. The van der Waals surface area contributed by atoms with Crippen LogP contribution in [0.3, 0.4) is 0 Å². The molecule has 0 aromatic heterocycles. The van der Waals surface area contributed by atoms with E-state index in [4.69, 9.17) is 16.3 Å². The third kappa shape index (κ3) is 4.56. The number of carbonyl (C=O) groups excluding carboxylic acids is 2. The van der Waals surface area contributed by atoms with Gasteiger partial charge in [-0.3, -0.25) is 9.59 Å². The van der Waals surface area contributed by atoms with E-state index in [2.05, 4.69) is 5.32 Å². The van der Waals surface area contributed by atoms with Gasteiger partial charge in [-0.05, 0) is 19.4 Å². The van der Waals surface area contributed by atoms with Crippen molar-refractivity contribution >= 4 is 23.5 Å². The summed E-state index contributed by atoms with van der Waals surface area (Å²) in [6.07, 6.45) is 0. The fraction of sp³-hybridized carbons (Fsp3) is 0.429. The number of amides is 1. The highest BCUT2D eigenvalue weighted by molar-refractivity contribution is 6.27. The second-order valence-electron chi connectivity index (χ2n) is 4.13. The minimum atomic E-state index is -0.477. The molecule has 1 amide bonds. The molecule has 104 valence electrons. The molecule has 0 aliphatic carbocycles. The van der Waals surface area contributed by atoms with Crippen LogP contribution in [-0.2, 0) is 14.3 Å². The van der Waals surface area contributed by atoms with Crippen molar-refractivity contribution in [2.75, 3.05) is 12.5 Å². The maximum atomic E-state index is 11.8. The van der Waals surface area contributed by atoms with Crippen molar-refractivity contribution < 1.29 is 14.3 Å². The van der Waals surface area contributed by atoms with Gasteiger partial charge in [-0.2, -0.15) is 0 Å². The zero-order chi connectivity index (χ0) is 14.3. The second-order valence-corrected chi connectivity index (χ2v) is 4.40. The lowest BCUT2D eigenvalue weighted by Gasteiger charge is -2.24. The number of benzene rings is 1. The summed E-state index contributed by atoms with van der Waals surface area (Å²) in [5.74, 6) is -1.27. The molecule has 0 radical (unpaired) electrons. The topological polar surface area (TPSA) is 55.4 Å². The summed E-state index contributed by atoms with van der Waals surface area (Å²) in [4.78, 5) is 23.3. The Labute approximate surface area is 118 Å². The molecule has 2 unspecified atom stereocenters. The van der Waals surface area contributed by atoms with Crippen LogP contribution in [0, 0.1) is 5.92 Å². The standard InChI is InChI=1S/C14H18ClNO3/c1-3-19-14(18)10(2)13(16-12(17)9-15)11-7-5-4-6-8-11/h4-8,10,13H,3,9H2,1-2H3,(H,16,17). The Morgan fingerprint density at radius 3 is 2.47 bits per heavy atom. The van der Waals surface area contributed by atoms with Crippen LogP contribution in [0.2, 0.25) is 0 Å². The number of nitrogens with one attached hydrogen (secondary N) is 1. The van der Waals surface area contributed by atoms with E-state index in [1.807, 2.05) is 30.3 Å². The molecule has 0 bridgehead atoms. The number of hydrogen-bond acceptors (Lipinski definition) is 3. The van der Waals surface area contributed by atoms with Gasteiger partial charge in [0.05, 0.1) is 18.6 Å². The first-order chi connectivity index (χ1) is 9.10. The Kier molecular flexibility index (Phi) is 6.36. The van der Waals surface area contributed by atoms with E-state index >= 15 is 0 Å². The molecule has 1 aromatic rings. The summed E-state index contributed by atoms with van der Waals surface area (Å²) in [6.45, 7) is 3.79. The first-order valence-electron chi connectivity index (χ1n) is 6.17. The van der Waals surface area contributed by atoms with Crippen molar-refractivity contribution in [3.8, 4) is 0 Å². The zero-order valence-electron chi connectivity index (χ0n) is 11.1. The molecule has 1 rings (SSSR count). The van der Waals surface area contributed by atoms with Gasteiger partial charge in [-0.1, -0.05) is 30.3 Å². The summed E-state index contributed by atoms with van der Waals surface area (Å²) < 4.78 is 5.00. The molecule has 0 fully saturated rings. The van der Waals surface area contributed by atoms with Crippen molar-refractivity contribution in [3.63, 3.8) is 0 Å². The molecule has 0 aliphatic rings. The molecule has 0 spiro atoms. The molecule has 19 heavy (non-hydrogen) atoms. The molecule has 0 aliphatic heterocycles. The molecule has 1 N–H and O–H groups in total. The average molecular weight is 284 g/mol. The smallest absolute Gasteiger partial charge is 0.311 e. The summed E-state index contributed by atoms with van der Waals surface area (Å²) in [7, 11) is 0. The molecular weight excluding hydrogens is 266 g/mol. The van der Waals surface area contributed by atoms with Crippen molar-refractivity contribution in [3.05, 3.63) is 35.9 Å². The monoisotopic (exact) mass is 283 g/mol. The lowest BCUT2D eigenvalue weighted by Crippen LogP contribution is -2.36. The number of hydrogen-bond donors (Lipinski definition) is 1. The average Bonchev–Trinajstić information content (AvgIpc) is 2.44. The minimum Gasteiger partial charge on any atom is -0.466 e. The van der Waals surface area contributed by atoms with Gasteiger partial charge in [-0.15, -0.1) is 11.6 Å². The van der Waals surface area contributed by atoms with Crippen LogP contribution in [0.4, 0.5) is 0 Å². The Morgan fingerprint density at radius 1 is 1.32 bits per heavy atom. The maximum Gasteiger partial charge on any atom is 0.311 e. The highest BCUT2D eigenvalue weighted by atomic mass is 35.5. The Hall–Kier alpha value is -1.55. The van der Waals surface area contributed by atoms with Gasteiger partial charge in [0.15, 0.2) is 0 Å². The third-order valence-corrected chi connectivity index (χ3v) is 3.00. The predicted octanol–water partition coefficient (Wildman–Crippen LogP) is 2.28. The Balaban J connectivity index is 2.92. The summed E-state index contributed by atoms with van der Waals surface area (Å²) in [5.41, 5.74) is 0.849. The number of alkyl halides is 1. The quantitative estimate of drug-likeness (QED) is 0.644. The van der Waals surface area contributed by atoms with Crippen molar-refractivity contribution in [1.82, 2.24) is 5.32 Å². The molecule has 0 saturated heterocycles. The lowest BCUT2D eigenvalue weighted by atomic mass is 9.94. The second kappa shape index (κ2) is 7.79. The summed E-state index contributed by atoms with van der Waals surface area (Å²) >= 11 is 5.50. The highest BCUT2D eigenvalue weighted by Crippen LogP contribution is 2.23. The van der Waals surface area contributed by atoms with E-state index in [0.717, 1.165) is 5.56 Å². The van der Waals surface area contributed by atoms with Crippen molar-refractivity contribution in [1.29, 1.82) is 0 Å². The minimum absolute atomic E-state index is 0.140. The van der Waals surface area contributed by atoms with Gasteiger partial charge < -0.3 is 10.1 Å². The van der Waals surface area contributed by atoms with E-state index in [-0.39, 0.29) is 17.8 Å². The molecular formula is C14H18ClNO3. The maximum absolute atomic E-state index is 11.8. The Bertz CT molecular complexity index is 422. The van der Waals surface area contributed by atoms with Crippen LogP contribution in [0.25, 0.3) is 0 Å². The van der Waals surface area contributed by atoms with E-state index < -0.39 is 12.0 Å². The molecule has 4 nitrogen and oxygen atoms in total. The fourth-order valence-corrected chi connectivity index (χ4v) is 1.86. The van der Waals surface area contributed by atoms with Gasteiger partial charge in [0, 0.05) is 0 Å². The molecule has 0 heterocycles. The van der Waals surface area contributed by atoms with E-state index in [1.54, 1.807) is 13.8 Å². The van der Waals surface area contributed by atoms with E-state index in [0.29, 0.717) is 6.61 Å². The largest absolute Gasteiger partial charge is 0.466 e. The predicted molar refractivity (Wildman–Crippen MR) is 73.8 cm³/mol. The van der Waals surface area contributed by atoms with Crippen LogP contribution in [0.15, 0.2) is 30.3 Å². The number of carbonyl (C=O) groups is 2. The Morgan fingerprint density at radius 2 is 1.95 bits per heavy atom. The lowest BCUT2D eigenvalue weighted by molar-refractivity contribution is -0.148. The molecule has 0 saturated carbocycles. The van der Waals surface area contributed by atoms with Crippen molar-refractivity contribution in [2.24, 2.45) is 5.92 Å². The van der Waals surface area contributed by atoms with Crippen LogP contribution in [-0.4, -0.2) is 24.4 Å². The normalized spacial score (nSPS) is 13.4. The first-order valence-corrected chi connectivity index (χ1v) is 6.70. The van der Waals surface area contributed by atoms with E-state index in [9.17, 15) is 9.59 Å². The van der Waals surface area contributed by atoms with Gasteiger partial charge in [-0.25, -0.2) is 0 Å². The number of esters is 1. The van der Waals surface area contributed by atoms with Crippen LogP contribution < -0.4 is 5.32 Å². The van der Waals surface area contributed by atoms with Crippen molar-refractivity contribution in [2.45, 2.75) is 19.9 Å². The SMILES string of the molecule is CCOC(=O)C(C)C(NC(=O)CCl)c1ccccc1. The summed E-state index contributed by atoms with van der Waals surface area (Å²) in [5, 5.41) is 2.75. The van der Waals surface area contributed by atoms with Crippen LogP contribution in [0.1, 0.15) is 25.5 Å².